The van der Waals surface area contributed by atoms with E-state index in [1.165, 1.54) is 0 Å². The molecule has 178 valence electrons. The molecule has 2 N–H and O–H groups in total. The minimum Gasteiger partial charge on any atom is -0.490 e. The lowest BCUT2D eigenvalue weighted by Crippen LogP contribution is -2.23. The van der Waals surface area contributed by atoms with E-state index in [-0.39, 0.29) is 18.4 Å². The Labute approximate surface area is 199 Å². The number of carbonyl (C=O) groups excluding carboxylic acids is 2. The molecule has 0 aliphatic rings. The molecule has 34 heavy (non-hydrogen) atoms. The molecule has 0 saturated carbocycles. The number of nitrogens with one attached hydrogen (secondary N) is 2. The summed E-state index contributed by atoms with van der Waals surface area (Å²) in [6.07, 6.45) is 3.13. The number of hydrogen-bond donors (Lipinski definition) is 2. The molecule has 1 aromatic heterocycles. The number of amides is 2. The lowest BCUT2D eigenvalue weighted by molar-refractivity contribution is 0.0948. The van der Waals surface area contributed by atoms with E-state index in [0.29, 0.717) is 53.9 Å². The summed E-state index contributed by atoms with van der Waals surface area (Å²) >= 11 is 0. The standard InChI is InChI=1S/C26H29N3O5/c1-4-32-22-15-20(16-23(33-5-2)24(22)34-6-3)25(30)28-17-18-8-7-9-21(14-18)29-26(31)19-10-12-27-13-11-19/h7-16H,4-6,17H2,1-3H3,(H,28,30)(H,29,31). The summed E-state index contributed by atoms with van der Waals surface area (Å²) in [4.78, 5) is 29.2. The van der Waals surface area contributed by atoms with E-state index in [9.17, 15) is 9.59 Å². The number of anilines is 1. The van der Waals surface area contributed by atoms with Gasteiger partial charge < -0.3 is 24.8 Å². The van der Waals surface area contributed by atoms with Gasteiger partial charge in [-0.3, -0.25) is 14.6 Å². The predicted molar refractivity (Wildman–Crippen MR) is 130 cm³/mol. The second kappa shape index (κ2) is 12.2. The number of aromatic nitrogens is 1. The molecular weight excluding hydrogens is 434 g/mol. The van der Waals surface area contributed by atoms with Crippen LogP contribution in [0.25, 0.3) is 0 Å². The minimum atomic E-state index is -0.281. The van der Waals surface area contributed by atoms with Crippen molar-refractivity contribution in [1.82, 2.24) is 10.3 Å². The monoisotopic (exact) mass is 463 g/mol. The van der Waals surface area contributed by atoms with Crippen LogP contribution in [0.3, 0.4) is 0 Å². The average Bonchev–Trinajstić information content (AvgIpc) is 2.85. The van der Waals surface area contributed by atoms with Crippen molar-refractivity contribution in [2.75, 3.05) is 25.1 Å². The first-order chi connectivity index (χ1) is 16.5. The van der Waals surface area contributed by atoms with Gasteiger partial charge in [0.25, 0.3) is 11.8 Å². The van der Waals surface area contributed by atoms with Crippen molar-refractivity contribution in [3.8, 4) is 17.2 Å². The van der Waals surface area contributed by atoms with Crippen LogP contribution in [0.4, 0.5) is 5.69 Å². The highest BCUT2D eigenvalue weighted by Gasteiger charge is 2.18. The van der Waals surface area contributed by atoms with E-state index in [1.807, 2.05) is 39.0 Å². The summed E-state index contributed by atoms with van der Waals surface area (Å²) in [6, 6.07) is 13.9. The SMILES string of the molecule is CCOc1cc(C(=O)NCc2cccc(NC(=O)c3ccncc3)c2)cc(OCC)c1OCC. The molecule has 0 radical (unpaired) electrons. The molecule has 0 bridgehead atoms. The van der Waals surface area contributed by atoms with Gasteiger partial charge in [-0.05, 0) is 62.7 Å². The smallest absolute Gasteiger partial charge is 0.255 e. The number of hydrogen-bond acceptors (Lipinski definition) is 6. The van der Waals surface area contributed by atoms with Crippen molar-refractivity contribution in [3.05, 3.63) is 77.6 Å². The second-order valence-electron chi connectivity index (χ2n) is 7.17. The van der Waals surface area contributed by atoms with E-state index in [1.54, 1.807) is 42.7 Å². The van der Waals surface area contributed by atoms with Crippen molar-refractivity contribution >= 4 is 17.5 Å². The highest BCUT2D eigenvalue weighted by atomic mass is 16.5. The summed E-state index contributed by atoms with van der Waals surface area (Å²) in [6.45, 7) is 7.17. The van der Waals surface area contributed by atoms with Crippen LogP contribution in [0.15, 0.2) is 60.9 Å². The highest BCUT2D eigenvalue weighted by Crippen LogP contribution is 2.39. The molecule has 0 saturated heterocycles. The molecule has 2 aromatic carbocycles. The summed E-state index contributed by atoms with van der Waals surface area (Å²) in [7, 11) is 0. The molecule has 0 aliphatic heterocycles. The number of nitrogens with zero attached hydrogens (tertiary/aromatic N) is 1. The lowest BCUT2D eigenvalue weighted by Gasteiger charge is -2.17. The topological polar surface area (TPSA) is 98.8 Å². The molecule has 3 aromatic rings. The Balaban J connectivity index is 1.71. The van der Waals surface area contributed by atoms with Crippen LogP contribution in [-0.2, 0) is 6.54 Å². The third-order valence-corrected chi connectivity index (χ3v) is 4.75. The zero-order valence-corrected chi connectivity index (χ0v) is 19.6. The van der Waals surface area contributed by atoms with E-state index in [0.717, 1.165) is 5.56 Å². The van der Waals surface area contributed by atoms with E-state index < -0.39 is 0 Å². The number of rotatable bonds is 11. The van der Waals surface area contributed by atoms with Gasteiger partial charge in [-0.2, -0.15) is 0 Å². The number of pyridine rings is 1. The Morgan fingerprint density at radius 2 is 1.44 bits per heavy atom. The molecule has 8 nitrogen and oxygen atoms in total. The normalized spacial score (nSPS) is 10.3. The van der Waals surface area contributed by atoms with Crippen molar-refractivity contribution in [3.63, 3.8) is 0 Å². The van der Waals surface area contributed by atoms with E-state index in [4.69, 9.17) is 14.2 Å². The molecule has 8 heteroatoms. The van der Waals surface area contributed by atoms with Gasteiger partial charge in [0, 0.05) is 35.8 Å². The first kappa shape index (κ1) is 24.6. The molecule has 0 aliphatic carbocycles. The van der Waals surface area contributed by atoms with E-state index >= 15 is 0 Å². The summed E-state index contributed by atoms with van der Waals surface area (Å²) < 4.78 is 17.1. The molecule has 3 rings (SSSR count). The molecule has 0 fully saturated rings. The van der Waals surface area contributed by atoms with Crippen molar-refractivity contribution < 1.29 is 23.8 Å². The molecule has 1 heterocycles. The average molecular weight is 464 g/mol. The lowest BCUT2D eigenvalue weighted by atomic mass is 10.1. The molecule has 0 unspecified atom stereocenters. The Kier molecular flexibility index (Phi) is 8.85. The van der Waals surface area contributed by atoms with E-state index in [2.05, 4.69) is 15.6 Å². The van der Waals surface area contributed by atoms with Gasteiger partial charge in [-0.25, -0.2) is 0 Å². The zero-order valence-electron chi connectivity index (χ0n) is 19.6. The summed E-state index contributed by atoms with van der Waals surface area (Å²) in [5, 5.41) is 5.76. The summed E-state index contributed by atoms with van der Waals surface area (Å²) in [5.74, 6) is 0.893. The third-order valence-electron chi connectivity index (χ3n) is 4.75. The molecular formula is C26H29N3O5. The minimum absolute atomic E-state index is 0.232. The second-order valence-corrected chi connectivity index (χ2v) is 7.17. The van der Waals surface area contributed by atoms with Crippen molar-refractivity contribution in [2.24, 2.45) is 0 Å². The van der Waals surface area contributed by atoms with Crippen LogP contribution >= 0.6 is 0 Å². The van der Waals surface area contributed by atoms with Gasteiger partial charge in [0.15, 0.2) is 11.5 Å². The number of carbonyl (C=O) groups is 2. The largest absolute Gasteiger partial charge is 0.490 e. The maximum Gasteiger partial charge on any atom is 0.255 e. The van der Waals surface area contributed by atoms with Crippen molar-refractivity contribution in [1.29, 1.82) is 0 Å². The van der Waals surface area contributed by atoms with Gasteiger partial charge in [0.1, 0.15) is 0 Å². The fourth-order valence-electron chi connectivity index (χ4n) is 3.27. The maximum absolute atomic E-state index is 12.9. The zero-order chi connectivity index (χ0) is 24.3. The number of ether oxygens (including phenoxy) is 3. The fraction of sp³-hybridized carbons (Fsp3) is 0.269. The third kappa shape index (κ3) is 6.48. The van der Waals surface area contributed by atoms with Gasteiger partial charge in [-0.1, -0.05) is 12.1 Å². The van der Waals surface area contributed by atoms with Crippen LogP contribution in [0, 0.1) is 0 Å². The van der Waals surface area contributed by atoms with Crippen LogP contribution in [0.5, 0.6) is 17.2 Å². The van der Waals surface area contributed by atoms with Crippen LogP contribution in [-0.4, -0.2) is 36.6 Å². The van der Waals surface area contributed by atoms with Crippen LogP contribution < -0.4 is 24.8 Å². The van der Waals surface area contributed by atoms with Crippen molar-refractivity contribution in [2.45, 2.75) is 27.3 Å². The first-order valence-corrected chi connectivity index (χ1v) is 11.2. The quantitative estimate of drug-likeness (QED) is 0.436. The van der Waals surface area contributed by atoms with Gasteiger partial charge in [0.2, 0.25) is 5.75 Å². The maximum atomic E-state index is 12.9. The van der Waals surface area contributed by atoms with Crippen LogP contribution in [0.1, 0.15) is 47.1 Å². The number of benzene rings is 2. The van der Waals surface area contributed by atoms with Gasteiger partial charge >= 0.3 is 0 Å². The Morgan fingerprint density at radius 3 is 2.06 bits per heavy atom. The predicted octanol–water partition coefficient (Wildman–Crippen LogP) is 4.46. The molecule has 0 spiro atoms. The molecule has 2 amide bonds. The Bertz CT molecular complexity index is 1090. The van der Waals surface area contributed by atoms with Crippen LogP contribution in [0.2, 0.25) is 0 Å². The summed E-state index contributed by atoms with van der Waals surface area (Å²) in [5.41, 5.74) is 2.38. The Morgan fingerprint density at radius 1 is 0.794 bits per heavy atom. The fourth-order valence-corrected chi connectivity index (χ4v) is 3.27. The van der Waals surface area contributed by atoms with Gasteiger partial charge in [-0.15, -0.1) is 0 Å². The molecule has 0 atom stereocenters. The highest BCUT2D eigenvalue weighted by molar-refractivity contribution is 6.04. The first-order valence-electron chi connectivity index (χ1n) is 11.2. The van der Waals surface area contributed by atoms with Gasteiger partial charge in [0.05, 0.1) is 19.8 Å². The Hall–Kier alpha value is -4.07.